The first-order valence-corrected chi connectivity index (χ1v) is 7.57. The first kappa shape index (κ1) is 19.8. The molecular weight excluding hydrogens is 320 g/mol. The first-order chi connectivity index (χ1) is 11.4. The molecule has 134 valence electrons. The van der Waals surface area contributed by atoms with Crippen LogP contribution >= 0.6 is 0 Å². The Morgan fingerprint density at radius 2 is 1.67 bits per heavy atom. The summed E-state index contributed by atoms with van der Waals surface area (Å²) in [6, 6.07) is 0. The van der Waals surface area contributed by atoms with Crippen LogP contribution in [0.4, 0.5) is 0 Å². The molecule has 1 rings (SSSR count). The van der Waals surface area contributed by atoms with Crippen LogP contribution in [0.5, 0.6) is 0 Å². The molecule has 0 atom stereocenters. The molecule has 1 N–H and O–H groups in total. The monoisotopic (exact) mass is 342 g/mol. The normalized spacial score (nSPS) is 14.0. The Hall–Kier alpha value is -2.26. The fraction of sp³-hybridized carbons (Fsp3) is 0.600. The maximum absolute atomic E-state index is 11.5. The van der Waals surface area contributed by atoms with Gasteiger partial charge in [0, 0.05) is 25.0 Å². The maximum atomic E-state index is 11.5. The lowest BCUT2D eigenvalue weighted by atomic mass is 10.3. The number of carbonyl (C=O) groups excluding carboxylic acids is 4. The van der Waals surface area contributed by atoms with E-state index >= 15 is 0 Å². The molecule has 9 heteroatoms. The molecule has 1 aliphatic heterocycles. The Balaban J connectivity index is 1.95. The van der Waals surface area contributed by atoms with Crippen molar-refractivity contribution in [2.45, 2.75) is 26.2 Å². The molecule has 0 aromatic carbocycles. The number of hydrogen-bond donors (Lipinski definition) is 1. The van der Waals surface area contributed by atoms with Crippen molar-refractivity contribution in [2.24, 2.45) is 0 Å². The molecule has 0 aromatic rings. The Bertz CT molecular complexity index is 488. The smallest absolute Gasteiger partial charge is 0.335 e. The molecule has 0 saturated carbocycles. The molecule has 1 saturated heterocycles. The zero-order valence-electron chi connectivity index (χ0n) is 13.7. The summed E-state index contributed by atoms with van der Waals surface area (Å²) in [6.07, 6.45) is 0.0469. The minimum Gasteiger partial charge on any atom is -0.378 e. The van der Waals surface area contributed by atoms with Crippen LogP contribution in [0.15, 0.2) is 12.2 Å². The van der Waals surface area contributed by atoms with E-state index in [0.717, 1.165) is 0 Å². The average Bonchev–Trinajstić information content (AvgIpc) is 2.84. The van der Waals surface area contributed by atoms with Gasteiger partial charge in [0.05, 0.1) is 32.8 Å². The first-order valence-electron chi connectivity index (χ1n) is 7.57. The number of rotatable bonds is 11. The number of hydroxylamine groups is 2. The molecule has 3 amide bonds. The fourth-order valence-corrected chi connectivity index (χ4v) is 1.67. The zero-order chi connectivity index (χ0) is 17.9. The predicted molar refractivity (Wildman–Crippen MR) is 81.3 cm³/mol. The van der Waals surface area contributed by atoms with Crippen molar-refractivity contribution in [1.82, 2.24) is 10.4 Å². The van der Waals surface area contributed by atoms with Crippen LogP contribution in [-0.4, -0.2) is 61.7 Å². The lowest BCUT2D eigenvalue weighted by Gasteiger charge is -2.12. The lowest BCUT2D eigenvalue weighted by Crippen LogP contribution is -2.32. The molecule has 0 radical (unpaired) electrons. The van der Waals surface area contributed by atoms with E-state index in [1.807, 2.05) is 0 Å². The largest absolute Gasteiger partial charge is 0.378 e. The van der Waals surface area contributed by atoms with Gasteiger partial charge in [0.1, 0.15) is 0 Å². The van der Waals surface area contributed by atoms with Crippen molar-refractivity contribution >= 4 is 23.7 Å². The minimum atomic E-state index is -0.706. The Kier molecular flexibility index (Phi) is 8.66. The highest BCUT2D eigenvalue weighted by Crippen LogP contribution is 2.12. The summed E-state index contributed by atoms with van der Waals surface area (Å²) in [5.41, 5.74) is 0.433. The van der Waals surface area contributed by atoms with Crippen LogP contribution in [0, 0.1) is 0 Å². The highest BCUT2D eigenvalue weighted by atomic mass is 16.7. The van der Waals surface area contributed by atoms with E-state index in [-0.39, 0.29) is 38.4 Å². The van der Waals surface area contributed by atoms with Crippen molar-refractivity contribution in [1.29, 1.82) is 0 Å². The molecule has 1 fully saturated rings. The SMILES string of the molecule is C=C(C)C(=O)NCCOCCOCCC(=O)ON1C(=O)CCC1=O. The second-order valence-corrected chi connectivity index (χ2v) is 5.06. The molecule has 0 aromatic heterocycles. The molecule has 9 nitrogen and oxygen atoms in total. The Morgan fingerprint density at radius 1 is 1.08 bits per heavy atom. The summed E-state index contributed by atoms with van der Waals surface area (Å²) in [5, 5.41) is 3.12. The number of hydrogen-bond acceptors (Lipinski definition) is 7. The number of amides is 3. The van der Waals surface area contributed by atoms with E-state index < -0.39 is 17.8 Å². The van der Waals surface area contributed by atoms with Gasteiger partial charge in [-0.1, -0.05) is 6.58 Å². The minimum absolute atomic E-state index is 0.0623. The van der Waals surface area contributed by atoms with E-state index in [9.17, 15) is 19.2 Å². The predicted octanol–water partition coefficient (Wildman–Crippen LogP) is -0.291. The van der Waals surface area contributed by atoms with Crippen LogP contribution < -0.4 is 5.32 Å². The maximum Gasteiger partial charge on any atom is 0.335 e. The van der Waals surface area contributed by atoms with Crippen LogP contribution in [0.1, 0.15) is 26.2 Å². The molecule has 0 spiro atoms. The van der Waals surface area contributed by atoms with E-state index in [4.69, 9.17) is 9.47 Å². The Morgan fingerprint density at radius 3 is 2.25 bits per heavy atom. The number of ether oxygens (including phenoxy) is 2. The topological polar surface area (TPSA) is 111 Å². The molecule has 1 aliphatic rings. The van der Waals surface area contributed by atoms with Gasteiger partial charge in [-0.3, -0.25) is 14.4 Å². The van der Waals surface area contributed by atoms with Gasteiger partial charge in [0.25, 0.3) is 11.8 Å². The van der Waals surface area contributed by atoms with Gasteiger partial charge in [-0.05, 0) is 6.92 Å². The average molecular weight is 342 g/mol. The Labute approximate surface area is 139 Å². The van der Waals surface area contributed by atoms with Crippen LogP contribution in [-0.2, 0) is 33.5 Å². The van der Waals surface area contributed by atoms with E-state index in [0.29, 0.717) is 30.4 Å². The van der Waals surface area contributed by atoms with Crippen LogP contribution in [0.25, 0.3) is 0 Å². The van der Waals surface area contributed by atoms with Gasteiger partial charge in [0.2, 0.25) is 5.91 Å². The molecule has 24 heavy (non-hydrogen) atoms. The summed E-state index contributed by atoms with van der Waals surface area (Å²) >= 11 is 0. The molecule has 1 heterocycles. The van der Waals surface area contributed by atoms with E-state index in [1.54, 1.807) is 6.92 Å². The quantitative estimate of drug-likeness (QED) is 0.312. The van der Waals surface area contributed by atoms with E-state index in [1.165, 1.54) is 0 Å². The second kappa shape index (κ2) is 10.5. The highest BCUT2D eigenvalue weighted by molar-refractivity contribution is 6.01. The van der Waals surface area contributed by atoms with Gasteiger partial charge in [0.15, 0.2) is 0 Å². The van der Waals surface area contributed by atoms with Gasteiger partial charge in [-0.2, -0.15) is 0 Å². The molecule has 0 bridgehead atoms. The van der Waals surface area contributed by atoms with Gasteiger partial charge in [-0.25, -0.2) is 4.79 Å². The third-order valence-electron chi connectivity index (χ3n) is 2.94. The standard InChI is InChI=1S/C15H22N2O7/c1-11(2)15(21)16-6-8-23-10-9-22-7-5-14(20)24-17-12(18)3-4-13(17)19/h1,3-10H2,2H3,(H,16,21). The summed E-state index contributed by atoms with van der Waals surface area (Å²) in [4.78, 5) is 49.8. The highest BCUT2D eigenvalue weighted by Gasteiger charge is 2.32. The lowest BCUT2D eigenvalue weighted by molar-refractivity contribution is -0.198. The summed E-state index contributed by atoms with van der Waals surface area (Å²) < 4.78 is 10.4. The summed E-state index contributed by atoms with van der Waals surface area (Å²) in [5.74, 6) is -1.95. The zero-order valence-corrected chi connectivity index (χ0v) is 13.7. The van der Waals surface area contributed by atoms with Crippen molar-refractivity contribution < 1.29 is 33.5 Å². The van der Waals surface area contributed by atoms with Crippen molar-refractivity contribution in [3.63, 3.8) is 0 Å². The third kappa shape index (κ3) is 7.34. The molecule has 0 unspecified atom stereocenters. The molecule has 0 aliphatic carbocycles. The van der Waals surface area contributed by atoms with Gasteiger partial charge in [-0.15, -0.1) is 5.06 Å². The van der Waals surface area contributed by atoms with Crippen LogP contribution in [0.2, 0.25) is 0 Å². The number of nitrogens with one attached hydrogen (secondary N) is 1. The number of imide groups is 1. The number of carbonyl (C=O) groups is 4. The van der Waals surface area contributed by atoms with Crippen molar-refractivity contribution in [3.05, 3.63) is 12.2 Å². The fourth-order valence-electron chi connectivity index (χ4n) is 1.67. The second-order valence-electron chi connectivity index (χ2n) is 5.06. The van der Waals surface area contributed by atoms with Crippen LogP contribution in [0.3, 0.4) is 0 Å². The van der Waals surface area contributed by atoms with Gasteiger partial charge >= 0.3 is 5.97 Å². The number of nitrogens with zero attached hydrogens (tertiary/aromatic N) is 1. The third-order valence-corrected chi connectivity index (χ3v) is 2.94. The summed E-state index contributed by atoms with van der Waals surface area (Å²) in [7, 11) is 0. The summed E-state index contributed by atoms with van der Waals surface area (Å²) in [6.45, 7) is 6.49. The molecular formula is C15H22N2O7. The van der Waals surface area contributed by atoms with Gasteiger partial charge < -0.3 is 19.6 Å². The van der Waals surface area contributed by atoms with Crippen molar-refractivity contribution in [2.75, 3.05) is 33.0 Å². The van der Waals surface area contributed by atoms with E-state index in [2.05, 4.69) is 16.7 Å². The van der Waals surface area contributed by atoms with Crippen molar-refractivity contribution in [3.8, 4) is 0 Å².